The van der Waals surface area contributed by atoms with E-state index in [0.717, 1.165) is 46.5 Å². The molecule has 0 spiro atoms. The molecule has 0 saturated heterocycles. The minimum atomic E-state index is -0.267. The molecule has 0 bridgehead atoms. The zero-order chi connectivity index (χ0) is 36.7. The Kier molecular flexibility index (Phi) is 6.78. The van der Waals surface area contributed by atoms with Gasteiger partial charge in [0.2, 0.25) is 0 Å². The molecule has 264 valence electrons. The second-order valence-electron chi connectivity index (χ2n) is 15.1. The number of rotatable bonds is 3. The first-order chi connectivity index (χ1) is 27.8. The molecule has 8 aromatic carbocycles. The number of aromatic nitrogens is 2. The van der Waals surface area contributed by atoms with E-state index < -0.39 is 0 Å². The molecule has 4 nitrogen and oxygen atoms in total. The highest BCUT2D eigenvalue weighted by Crippen LogP contribution is 2.43. The van der Waals surface area contributed by atoms with E-state index in [4.69, 9.17) is 4.99 Å². The number of aliphatic imine (C=N–C) groups is 1. The SMILES string of the molecule is C1=C(c2ccc3c(c2)c2ccccc2n3C2=NC(c3ccc4ccccc4c3)Nc3c2ccc2ccccc32)c2c(n(-c3ccccc3)c3ccccc23)CC1. The molecule has 1 aliphatic heterocycles. The number of nitrogens with zero attached hydrogens (tertiary/aromatic N) is 3. The van der Waals surface area contributed by atoms with E-state index >= 15 is 0 Å². The van der Waals surface area contributed by atoms with Gasteiger partial charge in [0.05, 0.1) is 22.2 Å². The minimum absolute atomic E-state index is 0.267. The van der Waals surface area contributed by atoms with Crippen LogP contribution in [0.1, 0.15) is 40.5 Å². The van der Waals surface area contributed by atoms with Gasteiger partial charge in [-0.3, -0.25) is 4.57 Å². The molecule has 1 N–H and O–H groups in total. The molecule has 12 rings (SSSR count). The summed E-state index contributed by atoms with van der Waals surface area (Å²) in [7, 11) is 0. The summed E-state index contributed by atoms with van der Waals surface area (Å²) in [6, 6.07) is 64.0. The monoisotopic (exact) mass is 716 g/mol. The number of nitrogens with one attached hydrogen (secondary N) is 1. The summed E-state index contributed by atoms with van der Waals surface area (Å²) in [5.74, 6) is 0.951. The molecule has 10 aromatic rings. The third kappa shape index (κ3) is 4.63. The van der Waals surface area contributed by atoms with Crippen LogP contribution in [0.15, 0.2) is 187 Å². The van der Waals surface area contributed by atoms with Crippen LogP contribution >= 0.6 is 0 Å². The summed E-state index contributed by atoms with van der Waals surface area (Å²) in [5, 5.41) is 12.5. The van der Waals surface area contributed by atoms with Gasteiger partial charge < -0.3 is 9.88 Å². The van der Waals surface area contributed by atoms with Crippen LogP contribution in [0, 0.1) is 0 Å². The zero-order valence-corrected chi connectivity index (χ0v) is 30.7. The third-order valence-corrected chi connectivity index (χ3v) is 12.0. The lowest BCUT2D eigenvalue weighted by Gasteiger charge is -2.28. The predicted molar refractivity (Wildman–Crippen MR) is 234 cm³/mol. The Morgan fingerprint density at radius 2 is 1.20 bits per heavy atom. The normalized spacial score (nSPS) is 15.2. The number of benzene rings is 8. The van der Waals surface area contributed by atoms with Crippen molar-refractivity contribution < 1.29 is 0 Å². The van der Waals surface area contributed by atoms with E-state index in [1.807, 2.05) is 0 Å². The van der Waals surface area contributed by atoms with Crippen LogP contribution in [-0.2, 0) is 6.42 Å². The molecule has 3 heterocycles. The first kappa shape index (κ1) is 31.2. The van der Waals surface area contributed by atoms with Gasteiger partial charge in [0.15, 0.2) is 0 Å². The van der Waals surface area contributed by atoms with Crippen LogP contribution in [0.4, 0.5) is 5.69 Å². The molecule has 1 atom stereocenters. The standard InChI is InChI=1S/C52H36N4/c1-2-16-38(17-3-1)55-46-23-11-9-20-42(46)49-39(21-12-24-48(49)55)36-28-30-47-44(32-36)41-19-8-10-22-45(41)56(47)52-43-29-27-34-14-6-7-18-40(34)50(43)53-51(54-52)37-26-25-33-13-4-5-15-35(33)31-37/h1-11,13-23,25-32,51,53H,12,24H2. The van der Waals surface area contributed by atoms with Crippen LogP contribution in [0.2, 0.25) is 0 Å². The van der Waals surface area contributed by atoms with Gasteiger partial charge in [0.1, 0.15) is 12.0 Å². The average molecular weight is 717 g/mol. The first-order valence-electron chi connectivity index (χ1n) is 19.6. The third-order valence-electron chi connectivity index (χ3n) is 12.0. The van der Waals surface area contributed by atoms with E-state index in [-0.39, 0.29) is 6.17 Å². The van der Waals surface area contributed by atoms with Gasteiger partial charge in [0, 0.05) is 44.1 Å². The van der Waals surface area contributed by atoms with Gasteiger partial charge in [-0.25, -0.2) is 4.99 Å². The Hall–Kier alpha value is -7.17. The molecule has 0 amide bonds. The fraction of sp³-hybridized carbons (Fsp3) is 0.0577. The van der Waals surface area contributed by atoms with Crippen molar-refractivity contribution in [1.82, 2.24) is 9.13 Å². The van der Waals surface area contributed by atoms with Gasteiger partial charge in [0.25, 0.3) is 0 Å². The Morgan fingerprint density at radius 3 is 2.05 bits per heavy atom. The number of hydrogen-bond donors (Lipinski definition) is 1. The number of para-hydroxylation sites is 3. The van der Waals surface area contributed by atoms with Gasteiger partial charge in [-0.1, -0.05) is 133 Å². The first-order valence-corrected chi connectivity index (χ1v) is 19.6. The molecule has 0 saturated carbocycles. The van der Waals surface area contributed by atoms with Crippen molar-refractivity contribution in [2.45, 2.75) is 19.0 Å². The van der Waals surface area contributed by atoms with E-state index in [1.54, 1.807) is 0 Å². The van der Waals surface area contributed by atoms with Gasteiger partial charge >= 0.3 is 0 Å². The van der Waals surface area contributed by atoms with Crippen LogP contribution in [0.5, 0.6) is 0 Å². The Morgan fingerprint density at radius 1 is 0.518 bits per heavy atom. The molecule has 2 aromatic heterocycles. The van der Waals surface area contributed by atoms with E-state index in [9.17, 15) is 0 Å². The largest absolute Gasteiger partial charge is 0.359 e. The summed E-state index contributed by atoms with van der Waals surface area (Å²) >= 11 is 0. The molecule has 0 radical (unpaired) electrons. The van der Waals surface area contributed by atoms with Crippen molar-refractivity contribution in [2.75, 3.05) is 5.32 Å². The summed E-state index contributed by atoms with van der Waals surface area (Å²) in [5.41, 5.74) is 13.4. The lowest BCUT2D eigenvalue weighted by Crippen LogP contribution is -2.25. The van der Waals surface area contributed by atoms with Crippen LogP contribution in [0.3, 0.4) is 0 Å². The number of allylic oxidation sites excluding steroid dienone is 1. The molecule has 0 fully saturated rings. The smallest absolute Gasteiger partial charge is 0.147 e. The predicted octanol–water partition coefficient (Wildman–Crippen LogP) is 12.8. The van der Waals surface area contributed by atoms with Crippen LogP contribution in [-0.4, -0.2) is 15.0 Å². The maximum absolute atomic E-state index is 5.61. The Labute approximate surface area is 324 Å². The Bertz CT molecular complexity index is 3290. The molecule has 1 unspecified atom stereocenters. The fourth-order valence-electron chi connectivity index (χ4n) is 9.48. The molecular weight excluding hydrogens is 681 g/mol. The van der Waals surface area contributed by atoms with Crippen molar-refractivity contribution in [3.05, 3.63) is 210 Å². The zero-order valence-electron chi connectivity index (χ0n) is 30.7. The number of hydrogen-bond acceptors (Lipinski definition) is 2. The van der Waals surface area contributed by atoms with E-state index in [0.29, 0.717) is 0 Å². The van der Waals surface area contributed by atoms with Crippen molar-refractivity contribution in [3.8, 4) is 5.69 Å². The number of anilines is 1. The molecule has 4 heteroatoms. The Balaban J connectivity index is 1.07. The van der Waals surface area contributed by atoms with Crippen LogP contribution < -0.4 is 5.32 Å². The second-order valence-corrected chi connectivity index (χ2v) is 15.1. The highest BCUT2D eigenvalue weighted by Gasteiger charge is 2.29. The minimum Gasteiger partial charge on any atom is -0.359 e. The highest BCUT2D eigenvalue weighted by atomic mass is 15.2. The van der Waals surface area contributed by atoms with Crippen molar-refractivity contribution in [2.24, 2.45) is 4.99 Å². The average Bonchev–Trinajstić information content (AvgIpc) is 3.79. The highest BCUT2D eigenvalue weighted by molar-refractivity contribution is 6.22. The summed E-state index contributed by atoms with van der Waals surface area (Å²) in [6.45, 7) is 0. The van der Waals surface area contributed by atoms with Gasteiger partial charge in [-0.2, -0.15) is 0 Å². The van der Waals surface area contributed by atoms with Crippen molar-refractivity contribution >= 4 is 71.3 Å². The molecule has 56 heavy (non-hydrogen) atoms. The second kappa shape index (κ2) is 12.2. The molecular formula is C52H36N4. The summed E-state index contributed by atoms with van der Waals surface area (Å²) in [6.07, 6.45) is 4.19. The van der Waals surface area contributed by atoms with Gasteiger partial charge in [-0.15, -0.1) is 0 Å². The molecule has 1 aliphatic carbocycles. The lowest BCUT2D eigenvalue weighted by atomic mass is 9.88. The molecule has 2 aliphatic rings. The maximum Gasteiger partial charge on any atom is 0.147 e. The topological polar surface area (TPSA) is 34.2 Å². The fourth-order valence-corrected chi connectivity index (χ4v) is 9.48. The van der Waals surface area contributed by atoms with Gasteiger partial charge in [-0.05, 0) is 94.2 Å². The summed E-state index contributed by atoms with van der Waals surface area (Å²) in [4.78, 5) is 5.61. The maximum atomic E-state index is 5.61. The van der Waals surface area contributed by atoms with E-state index in [2.05, 4.69) is 196 Å². The lowest BCUT2D eigenvalue weighted by molar-refractivity contribution is 0.822. The van der Waals surface area contributed by atoms with Crippen LogP contribution in [0.25, 0.3) is 65.5 Å². The van der Waals surface area contributed by atoms with E-state index in [1.165, 1.54) is 71.3 Å². The number of fused-ring (bicyclic) bond motifs is 10. The summed E-state index contributed by atoms with van der Waals surface area (Å²) < 4.78 is 4.88. The van der Waals surface area contributed by atoms with Crippen molar-refractivity contribution in [3.63, 3.8) is 0 Å². The quantitative estimate of drug-likeness (QED) is 0.194. The van der Waals surface area contributed by atoms with Crippen molar-refractivity contribution in [1.29, 1.82) is 0 Å².